The molecule has 3 atom stereocenters. The number of nitrogens with one attached hydrogen (secondary N) is 2. The fourth-order valence-electron chi connectivity index (χ4n) is 4.28. The van der Waals surface area contributed by atoms with Gasteiger partial charge in [-0.15, -0.1) is 0 Å². The van der Waals surface area contributed by atoms with E-state index in [9.17, 15) is 19.5 Å². The Kier molecular flexibility index (Phi) is 8.28. The molecule has 1 aliphatic carbocycles. The van der Waals surface area contributed by atoms with Crippen LogP contribution in [0.5, 0.6) is 0 Å². The zero-order chi connectivity index (χ0) is 24.8. The number of hydrogen-bond acceptors (Lipinski definition) is 5. The van der Waals surface area contributed by atoms with Crippen LogP contribution in [0.15, 0.2) is 48.5 Å². The standard InChI is InChI=1S/C26H33N3O5/c1-5-16(2)23(24(30)27-22(25(31)32)14-29(3)4)28-26(33)34-15-21-19-12-8-6-10-17(19)18-11-7-9-13-20(18)21/h6-13,16,21-23H,5,14-15H2,1-4H3,(H,27,30)(H,28,33)(H,31,32)/t16-,22?,23-/m0/s1. The van der Waals surface area contributed by atoms with Crippen molar-refractivity contribution in [1.82, 2.24) is 15.5 Å². The van der Waals surface area contributed by atoms with Gasteiger partial charge in [0.1, 0.15) is 18.7 Å². The zero-order valence-electron chi connectivity index (χ0n) is 20.1. The Morgan fingerprint density at radius 2 is 1.56 bits per heavy atom. The Morgan fingerprint density at radius 3 is 2.06 bits per heavy atom. The summed E-state index contributed by atoms with van der Waals surface area (Å²) in [6, 6.07) is 14.1. The molecule has 0 heterocycles. The fourth-order valence-corrected chi connectivity index (χ4v) is 4.28. The van der Waals surface area contributed by atoms with Crippen molar-refractivity contribution in [1.29, 1.82) is 0 Å². The number of carboxylic acids is 1. The van der Waals surface area contributed by atoms with Crippen molar-refractivity contribution in [3.63, 3.8) is 0 Å². The van der Waals surface area contributed by atoms with Gasteiger partial charge in [0.05, 0.1) is 0 Å². The molecule has 3 N–H and O–H groups in total. The summed E-state index contributed by atoms with van der Waals surface area (Å²) < 4.78 is 5.58. The normalized spacial score (nSPS) is 15.1. The van der Waals surface area contributed by atoms with Crippen molar-refractivity contribution >= 4 is 18.0 Å². The molecular weight excluding hydrogens is 434 g/mol. The maximum atomic E-state index is 12.9. The van der Waals surface area contributed by atoms with E-state index in [1.165, 1.54) is 0 Å². The van der Waals surface area contributed by atoms with E-state index in [4.69, 9.17) is 4.74 Å². The molecule has 0 saturated heterocycles. The smallest absolute Gasteiger partial charge is 0.407 e. The number of hydrogen-bond donors (Lipinski definition) is 3. The lowest BCUT2D eigenvalue weighted by Gasteiger charge is -2.26. The Hall–Kier alpha value is -3.39. The molecule has 0 spiro atoms. The van der Waals surface area contributed by atoms with Gasteiger partial charge >= 0.3 is 12.1 Å². The summed E-state index contributed by atoms with van der Waals surface area (Å²) in [5.41, 5.74) is 4.45. The summed E-state index contributed by atoms with van der Waals surface area (Å²) >= 11 is 0. The van der Waals surface area contributed by atoms with Gasteiger partial charge in [-0.25, -0.2) is 9.59 Å². The van der Waals surface area contributed by atoms with E-state index in [-0.39, 0.29) is 25.0 Å². The van der Waals surface area contributed by atoms with Gasteiger partial charge in [-0.3, -0.25) is 4.79 Å². The fraction of sp³-hybridized carbons (Fsp3) is 0.423. The number of alkyl carbamates (subject to hydrolysis) is 1. The second kappa shape index (κ2) is 11.2. The van der Waals surface area contributed by atoms with E-state index in [1.807, 2.05) is 50.2 Å². The monoisotopic (exact) mass is 467 g/mol. The zero-order valence-corrected chi connectivity index (χ0v) is 20.1. The number of carboxylic acid groups (broad SMARTS) is 1. The van der Waals surface area contributed by atoms with Crippen molar-refractivity contribution in [3.05, 3.63) is 59.7 Å². The second-order valence-corrected chi connectivity index (χ2v) is 8.99. The van der Waals surface area contributed by atoms with Crippen LogP contribution in [0.2, 0.25) is 0 Å². The number of ether oxygens (including phenoxy) is 1. The second-order valence-electron chi connectivity index (χ2n) is 8.99. The number of likely N-dealkylation sites (N-methyl/N-ethyl adjacent to an activating group) is 1. The molecule has 0 saturated carbocycles. The Balaban J connectivity index is 1.68. The number of amides is 2. The van der Waals surface area contributed by atoms with Crippen molar-refractivity contribution in [2.75, 3.05) is 27.2 Å². The molecule has 0 radical (unpaired) electrons. The molecular formula is C26H33N3O5. The van der Waals surface area contributed by atoms with E-state index in [0.29, 0.717) is 6.42 Å². The number of fused-ring (bicyclic) bond motifs is 3. The van der Waals surface area contributed by atoms with Gasteiger partial charge in [-0.1, -0.05) is 68.8 Å². The topological polar surface area (TPSA) is 108 Å². The molecule has 8 nitrogen and oxygen atoms in total. The molecule has 0 bridgehead atoms. The SMILES string of the molecule is CC[C@H](C)[C@H](NC(=O)OCC1c2ccccc2-c2ccccc21)C(=O)NC(CN(C)C)C(=O)O. The summed E-state index contributed by atoms with van der Waals surface area (Å²) in [4.78, 5) is 38.8. The van der Waals surface area contributed by atoms with Gasteiger partial charge in [-0.2, -0.15) is 0 Å². The first-order valence-corrected chi connectivity index (χ1v) is 11.5. The number of carbonyl (C=O) groups excluding carboxylic acids is 2. The summed E-state index contributed by atoms with van der Waals surface area (Å²) in [6.45, 7) is 4.00. The first-order valence-electron chi connectivity index (χ1n) is 11.5. The van der Waals surface area contributed by atoms with Crippen LogP contribution < -0.4 is 10.6 Å². The molecule has 2 aromatic carbocycles. The average Bonchev–Trinajstić information content (AvgIpc) is 3.13. The third-order valence-electron chi connectivity index (χ3n) is 6.27. The minimum atomic E-state index is -1.13. The van der Waals surface area contributed by atoms with Gasteiger partial charge in [0, 0.05) is 12.5 Å². The molecule has 0 aliphatic heterocycles. The van der Waals surface area contributed by atoms with E-state index in [1.54, 1.807) is 19.0 Å². The van der Waals surface area contributed by atoms with E-state index in [0.717, 1.165) is 22.3 Å². The van der Waals surface area contributed by atoms with Gasteiger partial charge in [-0.05, 0) is 42.3 Å². The molecule has 0 fully saturated rings. The van der Waals surface area contributed by atoms with Crippen LogP contribution in [0.25, 0.3) is 11.1 Å². The number of rotatable bonds is 10. The van der Waals surface area contributed by atoms with Gasteiger partial charge in [0.15, 0.2) is 0 Å². The third kappa shape index (κ3) is 5.75. The molecule has 8 heteroatoms. The predicted octanol–water partition coefficient (Wildman–Crippen LogP) is 3.07. The van der Waals surface area contributed by atoms with Crippen molar-refractivity contribution in [2.45, 2.75) is 38.3 Å². The third-order valence-corrected chi connectivity index (χ3v) is 6.27. The highest BCUT2D eigenvalue weighted by molar-refractivity contribution is 5.89. The minimum Gasteiger partial charge on any atom is -0.480 e. The molecule has 182 valence electrons. The summed E-state index contributed by atoms with van der Waals surface area (Å²) in [5, 5.41) is 14.6. The average molecular weight is 468 g/mol. The van der Waals surface area contributed by atoms with Crippen LogP contribution in [0.3, 0.4) is 0 Å². The minimum absolute atomic E-state index is 0.0921. The highest BCUT2D eigenvalue weighted by Gasteiger charge is 2.32. The van der Waals surface area contributed by atoms with Crippen LogP contribution in [-0.2, 0) is 14.3 Å². The molecule has 3 rings (SSSR count). The van der Waals surface area contributed by atoms with E-state index in [2.05, 4.69) is 22.8 Å². The Labute approximate surface area is 200 Å². The quantitative estimate of drug-likeness (QED) is 0.496. The number of nitrogens with zero attached hydrogens (tertiary/aromatic N) is 1. The highest BCUT2D eigenvalue weighted by atomic mass is 16.5. The molecule has 1 aliphatic rings. The van der Waals surface area contributed by atoms with Gasteiger partial charge in [0.2, 0.25) is 5.91 Å². The molecule has 0 aromatic heterocycles. The lowest BCUT2D eigenvalue weighted by atomic mass is 9.98. The highest BCUT2D eigenvalue weighted by Crippen LogP contribution is 2.44. The summed E-state index contributed by atoms with van der Waals surface area (Å²) in [5.74, 6) is -1.98. The van der Waals surface area contributed by atoms with Crippen LogP contribution >= 0.6 is 0 Å². The van der Waals surface area contributed by atoms with Crippen molar-refractivity contribution in [3.8, 4) is 11.1 Å². The Bertz CT molecular complexity index is 993. The molecule has 2 amide bonds. The van der Waals surface area contributed by atoms with E-state index >= 15 is 0 Å². The first-order chi connectivity index (χ1) is 16.2. The van der Waals surface area contributed by atoms with Crippen molar-refractivity contribution < 1.29 is 24.2 Å². The lowest BCUT2D eigenvalue weighted by Crippen LogP contribution is -2.56. The van der Waals surface area contributed by atoms with Crippen LogP contribution in [0.4, 0.5) is 4.79 Å². The summed E-state index contributed by atoms with van der Waals surface area (Å²) in [7, 11) is 3.45. The van der Waals surface area contributed by atoms with E-state index < -0.39 is 30.1 Å². The number of benzene rings is 2. The van der Waals surface area contributed by atoms with Crippen molar-refractivity contribution in [2.24, 2.45) is 5.92 Å². The van der Waals surface area contributed by atoms with Gasteiger partial charge < -0.3 is 25.4 Å². The largest absolute Gasteiger partial charge is 0.480 e. The number of aliphatic carboxylic acids is 1. The Morgan fingerprint density at radius 1 is 1.00 bits per heavy atom. The molecule has 1 unspecified atom stereocenters. The van der Waals surface area contributed by atoms with Crippen LogP contribution in [0, 0.1) is 5.92 Å². The lowest BCUT2D eigenvalue weighted by molar-refractivity contribution is -0.142. The maximum absolute atomic E-state index is 12.9. The van der Waals surface area contributed by atoms with Crippen LogP contribution in [0.1, 0.15) is 37.3 Å². The number of carbonyl (C=O) groups is 3. The summed E-state index contributed by atoms with van der Waals surface area (Å²) in [6.07, 6.45) is -0.0885. The predicted molar refractivity (Wildman–Crippen MR) is 130 cm³/mol. The maximum Gasteiger partial charge on any atom is 0.407 e. The molecule has 2 aromatic rings. The van der Waals surface area contributed by atoms with Crippen LogP contribution in [-0.4, -0.2) is 67.3 Å². The molecule has 34 heavy (non-hydrogen) atoms. The van der Waals surface area contributed by atoms with Gasteiger partial charge in [0.25, 0.3) is 0 Å². The first kappa shape index (κ1) is 25.2.